The SMILES string of the molecule is C=CCn1c(SC(C)C(=O)Nc2cc(F)ccc2F)nnc1-c1ccccc1F. The van der Waals surface area contributed by atoms with E-state index in [1.54, 1.807) is 35.8 Å². The number of hydrogen-bond donors (Lipinski definition) is 1. The van der Waals surface area contributed by atoms with E-state index in [9.17, 15) is 18.0 Å². The molecule has 1 aromatic heterocycles. The molecular formula is C20H17F3N4OS. The summed E-state index contributed by atoms with van der Waals surface area (Å²) in [7, 11) is 0. The Hall–Kier alpha value is -3.07. The van der Waals surface area contributed by atoms with Gasteiger partial charge in [0.15, 0.2) is 11.0 Å². The maximum absolute atomic E-state index is 14.2. The van der Waals surface area contributed by atoms with Crippen molar-refractivity contribution in [3.05, 3.63) is 72.6 Å². The third kappa shape index (κ3) is 4.68. The van der Waals surface area contributed by atoms with E-state index in [0.29, 0.717) is 17.5 Å². The zero-order valence-electron chi connectivity index (χ0n) is 15.4. The molecule has 1 atom stereocenters. The van der Waals surface area contributed by atoms with Gasteiger partial charge >= 0.3 is 0 Å². The molecule has 150 valence electrons. The number of nitrogens with zero attached hydrogens (tertiary/aromatic N) is 3. The first-order valence-corrected chi connectivity index (χ1v) is 9.50. The highest BCUT2D eigenvalue weighted by Gasteiger charge is 2.22. The summed E-state index contributed by atoms with van der Waals surface area (Å²) in [6, 6.07) is 8.95. The zero-order valence-corrected chi connectivity index (χ0v) is 16.2. The van der Waals surface area contributed by atoms with E-state index in [1.165, 1.54) is 6.07 Å². The molecule has 1 amide bonds. The molecule has 0 aliphatic heterocycles. The van der Waals surface area contributed by atoms with Crippen LogP contribution in [0, 0.1) is 17.5 Å². The van der Waals surface area contributed by atoms with E-state index < -0.39 is 28.6 Å². The van der Waals surface area contributed by atoms with E-state index in [4.69, 9.17) is 0 Å². The first-order valence-electron chi connectivity index (χ1n) is 8.62. The summed E-state index contributed by atoms with van der Waals surface area (Å²) in [4.78, 5) is 12.4. The van der Waals surface area contributed by atoms with Gasteiger partial charge in [-0.3, -0.25) is 9.36 Å². The van der Waals surface area contributed by atoms with Gasteiger partial charge in [-0.2, -0.15) is 0 Å². The molecule has 0 bridgehead atoms. The number of aromatic nitrogens is 3. The van der Waals surface area contributed by atoms with Crippen molar-refractivity contribution in [2.75, 3.05) is 5.32 Å². The van der Waals surface area contributed by atoms with Crippen molar-refractivity contribution in [2.45, 2.75) is 23.9 Å². The van der Waals surface area contributed by atoms with Gasteiger partial charge in [-0.25, -0.2) is 13.2 Å². The highest BCUT2D eigenvalue weighted by Crippen LogP contribution is 2.29. The number of carbonyl (C=O) groups excluding carboxylic acids is 1. The number of rotatable bonds is 7. The Morgan fingerprint density at radius 3 is 2.69 bits per heavy atom. The number of thioether (sulfide) groups is 1. The zero-order chi connectivity index (χ0) is 21.0. The van der Waals surface area contributed by atoms with Crippen LogP contribution in [0.5, 0.6) is 0 Å². The van der Waals surface area contributed by atoms with E-state index in [-0.39, 0.29) is 11.3 Å². The van der Waals surface area contributed by atoms with Gasteiger partial charge in [0.25, 0.3) is 0 Å². The van der Waals surface area contributed by atoms with E-state index in [1.807, 2.05) is 0 Å². The third-order valence-electron chi connectivity index (χ3n) is 3.98. The molecule has 5 nitrogen and oxygen atoms in total. The first kappa shape index (κ1) is 20.7. The Kier molecular flexibility index (Phi) is 6.38. The van der Waals surface area contributed by atoms with E-state index in [0.717, 1.165) is 30.0 Å². The summed E-state index contributed by atoms with van der Waals surface area (Å²) in [5.74, 6) is -2.10. The minimum Gasteiger partial charge on any atom is -0.323 e. The van der Waals surface area contributed by atoms with Crippen molar-refractivity contribution >= 4 is 23.4 Å². The van der Waals surface area contributed by atoms with Crippen LogP contribution in [-0.2, 0) is 11.3 Å². The number of nitrogens with one attached hydrogen (secondary N) is 1. The number of carbonyl (C=O) groups is 1. The van der Waals surface area contributed by atoms with Crippen LogP contribution in [0.2, 0.25) is 0 Å². The molecule has 0 radical (unpaired) electrons. The molecule has 2 aromatic carbocycles. The molecule has 0 saturated heterocycles. The van der Waals surface area contributed by atoms with Crippen LogP contribution in [0.4, 0.5) is 18.9 Å². The molecule has 0 aliphatic carbocycles. The fraction of sp³-hybridized carbons (Fsp3) is 0.150. The van der Waals surface area contributed by atoms with Crippen LogP contribution in [0.3, 0.4) is 0 Å². The molecule has 0 saturated carbocycles. The Balaban J connectivity index is 1.82. The molecule has 0 fully saturated rings. The number of hydrogen-bond acceptors (Lipinski definition) is 4. The molecule has 3 rings (SSSR count). The van der Waals surface area contributed by atoms with Crippen molar-refractivity contribution < 1.29 is 18.0 Å². The number of halogens is 3. The van der Waals surface area contributed by atoms with Crippen LogP contribution >= 0.6 is 11.8 Å². The molecule has 3 aromatic rings. The highest BCUT2D eigenvalue weighted by atomic mass is 32.2. The summed E-state index contributed by atoms with van der Waals surface area (Å²) in [6.07, 6.45) is 1.60. The Morgan fingerprint density at radius 1 is 1.21 bits per heavy atom. The predicted octanol–water partition coefficient (Wildman–Crippen LogP) is 4.67. The average Bonchev–Trinajstić information content (AvgIpc) is 3.07. The van der Waals surface area contributed by atoms with Crippen molar-refractivity contribution in [1.82, 2.24) is 14.8 Å². The number of benzene rings is 2. The van der Waals surface area contributed by atoms with Gasteiger partial charge < -0.3 is 5.32 Å². The van der Waals surface area contributed by atoms with E-state index in [2.05, 4.69) is 22.1 Å². The van der Waals surface area contributed by atoms with Crippen molar-refractivity contribution in [3.8, 4) is 11.4 Å². The second kappa shape index (κ2) is 8.95. The summed E-state index contributed by atoms with van der Waals surface area (Å²) in [6.45, 7) is 5.57. The average molecular weight is 418 g/mol. The molecule has 0 aliphatic rings. The number of amides is 1. The standard InChI is InChI=1S/C20H17F3N4OS/c1-3-10-27-18(14-6-4-5-7-15(14)22)25-26-20(27)29-12(2)19(28)24-17-11-13(21)8-9-16(17)23/h3-9,11-12H,1,10H2,2H3,(H,24,28). The topological polar surface area (TPSA) is 59.8 Å². The largest absolute Gasteiger partial charge is 0.323 e. The van der Waals surface area contributed by atoms with Crippen molar-refractivity contribution in [1.29, 1.82) is 0 Å². The number of anilines is 1. The first-order chi connectivity index (χ1) is 13.9. The van der Waals surface area contributed by atoms with Crippen LogP contribution < -0.4 is 5.32 Å². The lowest BCUT2D eigenvalue weighted by atomic mass is 10.2. The molecule has 29 heavy (non-hydrogen) atoms. The highest BCUT2D eigenvalue weighted by molar-refractivity contribution is 8.00. The number of allylic oxidation sites excluding steroid dienone is 1. The summed E-state index contributed by atoms with van der Waals surface area (Å²) < 4.78 is 42.8. The Labute approximate surface area is 169 Å². The quantitative estimate of drug-likeness (QED) is 0.448. The molecule has 1 heterocycles. The summed E-state index contributed by atoms with van der Waals surface area (Å²) in [5.41, 5.74) is 0.0229. The van der Waals surface area contributed by atoms with Gasteiger partial charge in [-0.1, -0.05) is 30.0 Å². The minimum absolute atomic E-state index is 0.248. The van der Waals surface area contributed by atoms with Gasteiger partial charge in [0.05, 0.1) is 16.5 Å². The second-order valence-electron chi connectivity index (χ2n) is 6.06. The van der Waals surface area contributed by atoms with Gasteiger partial charge in [-0.15, -0.1) is 16.8 Å². The van der Waals surface area contributed by atoms with Crippen LogP contribution in [0.1, 0.15) is 6.92 Å². The molecule has 0 spiro atoms. The van der Waals surface area contributed by atoms with E-state index >= 15 is 0 Å². The molecule has 9 heteroatoms. The molecular weight excluding hydrogens is 401 g/mol. The Morgan fingerprint density at radius 2 is 1.97 bits per heavy atom. The maximum atomic E-state index is 14.2. The molecule has 1 unspecified atom stereocenters. The van der Waals surface area contributed by atoms with Crippen LogP contribution in [-0.4, -0.2) is 25.9 Å². The van der Waals surface area contributed by atoms with Crippen molar-refractivity contribution in [2.24, 2.45) is 0 Å². The monoisotopic (exact) mass is 418 g/mol. The van der Waals surface area contributed by atoms with Crippen LogP contribution in [0.25, 0.3) is 11.4 Å². The fourth-order valence-electron chi connectivity index (χ4n) is 2.55. The van der Waals surface area contributed by atoms with Gasteiger partial charge in [-0.05, 0) is 31.2 Å². The van der Waals surface area contributed by atoms with Gasteiger partial charge in [0.2, 0.25) is 5.91 Å². The predicted molar refractivity (Wildman–Crippen MR) is 106 cm³/mol. The minimum atomic E-state index is -0.742. The third-order valence-corrected chi connectivity index (χ3v) is 5.06. The van der Waals surface area contributed by atoms with Gasteiger partial charge in [0, 0.05) is 12.6 Å². The maximum Gasteiger partial charge on any atom is 0.237 e. The van der Waals surface area contributed by atoms with Crippen LogP contribution in [0.15, 0.2) is 60.3 Å². The lowest BCUT2D eigenvalue weighted by Crippen LogP contribution is -2.23. The molecule has 1 N–H and O–H groups in total. The smallest absolute Gasteiger partial charge is 0.237 e. The summed E-state index contributed by atoms with van der Waals surface area (Å²) >= 11 is 1.06. The second-order valence-corrected chi connectivity index (χ2v) is 7.37. The summed E-state index contributed by atoms with van der Waals surface area (Å²) in [5, 5.41) is 10.1. The lowest BCUT2D eigenvalue weighted by molar-refractivity contribution is -0.115. The fourth-order valence-corrected chi connectivity index (χ4v) is 3.41. The Bertz CT molecular complexity index is 1050. The van der Waals surface area contributed by atoms with Gasteiger partial charge in [0.1, 0.15) is 17.5 Å². The normalized spacial score (nSPS) is 11.9. The lowest BCUT2D eigenvalue weighted by Gasteiger charge is -2.13. The van der Waals surface area contributed by atoms with Crippen molar-refractivity contribution in [3.63, 3.8) is 0 Å².